The highest BCUT2D eigenvalue weighted by Gasteiger charge is 2.28. The summed E-state index contributed by atoms with van der Waals surface area (Å²) in [6.45, 7) is 0.951. The first-order valence-electron chi connectivity index (χ1n) is 9.71. The average molecular weight is 464 g/mol. The van der Waals surface area contributed by atoms with Gasteiger partial charge in [0.05, 0.1) is 25.5 Å². The number of rotatable bonds is 6. The Morgan fingerprint density at radius 1 is 1.06 bits per heavy atom. The molecule has 1 saturated heterocycles. The Labute approximate surface area is 190 Å². The second-order valence-corrected chi connectivity index (χ2v) is 7.91. The van der Waals surface area contributed by atoms with Crippen LogP contribution in [0, 0.1) is 5.92 Å². The molecule has 1 heterocycles. The van der Waals surface area contributed by atoms with Crippen molar-refractivity contribution in [2.24, 2.45) is 11.0 Å². The Morgan fingerprint density at radius 3 is 2.29 bits per heavy atom. The van der Waals surface area contributed by atoms with E-state index in [1.807, 2.05) is 0 Å². The predicted molar refractivity (Wildman–Crippen MR) is 120 cm³/mol. The van der Waals surface area contributed by atoms with Gasteiger partial charge in [0.25, 0.3) is 5.91 Å². The second kappa shape index (κ2) is 10.5. The van der Waals surface area contributed by atoms with E-state index in [2.05, 4.69) is 10.5 Å². The van der Waals surface area contributed by atoms with Gasteiger partial charge in [0.2, 0.25) is 5.91 Å². The molecule has 0 bridgehead atoms. The van der Waals surface area contributed by atoms with Crippen LogP contribution in [-0.4, -0.2) is 50.2 Å². The number of nitrogens with zero attached hydrogens (tertiary/aromatic N) is 2. The summed E-state index contributed by atoms with van der Waals surface area (Å²) < 4.78 is 10.5. The fraction of sp³-hybridized carbons (Fsp3) is 0.318. The summed E-state index contributed by atoms with van der Waals surface area (Å²) in [5.41, 5.74) is 3.69. The lowest BCUT2D eigenvalue weighted by Gasteiger charge is -2.31. The molecule has 0 spiro atoms. The molecule has 164 valence electrons. The number of carbonyl (C=O) groups is 2. The first-order valence-corrected chi connectivity index (χ1v) is 10.5. The van der Waals surface area contributed by atoms with Crippen molar-refractivity contribution in [2.75, 3.05) is 27.3 Å². The molecule has 0 unspecified atom stereocenters. The van der Waals surface area contributed by atoms with Gasteiger partial charge in [-0.3, -0.25) is 9.59 Å². The van der Waals surface area contributed by atoms with Crippen LogP contribution in [0.15, 0.2) is 41.5 Å². The van der Waals surface area contributed by atoms with Crippen molar-refractivity contribution in [1.29, 1.82) is 0 Å². The standard InChI is InChI=1S/C22H23Cl2N3O4/c1-30-18-9-16(10-19(12-18)31-2)22(29)27-7-5-14(6-8-27)21(28)26-25-13-15-3-4-17(23)11-20(15)24/h3-4,9-14H,5-8H2,1-2H3,(H,26,28). The number of carbonyl (C=O) groups excluding carboxylic acids is 2. The first-order chi connectivity index (χ1) is 14.9. The number of benzene rings is 2. The van der Waals surface area contributed by atoms with Crippen molar-refractivity contribution in [1.82, 2.24) is 10.3 Å². The smallest absolute Gasteiger partial charge is 0.254 e. The van der Waals surface area contributed by atoms with Gasteiger partial charge in [-0.1, -0.05) is 29.3 Å². The molecule has 0 aromatic heterocycles. The molecule has 0 aliphatic carbocycles. The molecule has 1 fully saturated rings. The lowest BCUT2D eigenvalue weighted by Crippen LogP contribution is -2.42. The summed E-state index contributed by atoms with van der Waals surface area (Å²) in [5.74, 6) is 0.580. The van der Waals surface area contributed by atoms with Gasteiger partial charge in [0.1, 0.15) is 11.5 Å². The maximum absolute atomic E-state index is 12.9. The molecule has 9 heteroatoms. The van der Waals surface area contributed by atoms with Crippen LogP contribution in [-0.2, 0) is 4.79 Å². The minimum atomic E-state index is -0.221. The molecular formula is C22H23Cl2N3O4. The van der Waals surface area contributed by atoms with Crippen molar-refractivity contribution in [3.8, 4) is 11.5 Å². The summed E-state index contributed by atoms with van der Waals surface area (Å²) in [4.78, 5) is 27.0. The topological polar surface area (TPSA) is 80.2 Å². The Morgan fingerprint density at radius 2 is 1.71 bits per heavy atom. The fourth-order valence-corrected chi connectivity index (χ4v) is 3.78. The SMILES string of the molecule is COc1cc(OC)cc(C(=O)N2CCC(C(=O)NN=Cc3ccc(Cl)cc3Cl)CC2)c1. The fourth-order valence-electron chi connectivity index (χ4n) is 3.32. The van der Waals surface area contributed by atoms with Crippen molar-refractivity contribution in [2.45, 2.75) is 12.8 Å². The van der Waals surface area contributed by atoms with Crippen molar-refractivity contribution < 1.29 is 19.1 Å². The van der Waals surface area contributed by atoms with E-state index in [4.69, 9.17) is 32.7 Å². The maximum atomic E-state index is 12.9. The molecule has 0 saturated carbocycles. The predicted octanol–water partition coefficient (Wildman–Crippen LogP) is 4.01. The minimum Gasteiger partial charge on any atom is -0.497 e. The third-order valence-corrected chi connectivity index (χ3v) is 5.65. The van der Waals surface area contributed by atoms with Gasteiger partial charge in [-0.05, 0) is 37.1 Å². The molecule has 7 nitrogen and oxygen atoms in total. The third kappa shape index (κ3) is 5.89. The van der Waals surface area contributed by atoms with E-state index in [1.54, 1.807) is 41.3 Å². The van der Waals surface area contributed by atoms with Gasteiger partial charge in [0, 0.05) is 41.2 Å². The van der Waals surface area contributed by atoms with Crippen LogP contribution in [0.5, 0.6) is 11.5 Å². The number of likely N-dealkylation sites (tertiary alicyclic amines) is 1. The van der Waals surface area contributed by atoms with Crippen LogP contribution in [0.1, 0.15) is 28.8 Å². The number of hydrogen-bond donors (Lipinski definition) is 1. The maximum Gasteiger partial charge on any atom is 0.254 e. The third-order valence-electron chi connectivity index (χ3n) is 5.09. The van der Waals surface area contributed by atoms with Crippen LogP contribution in [0.25, 0.3) is 0 Å². The number of piperidine rings is 1. The molecule has 1 aliphatic rings. The van der Waals surface area contributed by atoms with E-state index < -0.39 is 0 Å². The number of hydrogen-bond acceptors (Lipinski definition) is 5. The van der Waals surface area contributed by atoms with Crippen molar-refractivity contribution in [3.63, 3.8) is 0 Å². The monoisotopic (exact) mass is 463 g/mol. The Kier molecular flexibility index (Phi) is 7.76. The summed E-state index contributed by atoms with van der Waals surface area (Å²) >= 11 is 12.0. The van der Waals surface area contributed by atoms with E-state index in [0.717, 1.165) is 0 Å². The number of ether oxygens (including phenoxy) is 2. The molecular weight excluding hydrogens is 441 g/mol. The number of nitrogens with one attached hydrogen (secondary N) is 1. The van der Waals surface area contributed by atoms with Gasteiger partial charge in [-0.15, -0.1) is 0 Å². The Bertz CT molecular complexity index is 966. The van der Waals surface area contributed by atoms with Crippen molar-refractivity contribution >= 4 is 41.2 Å². The number of hydrazone groups is 1. The van der Waals surface area contributed by atoms with Gasteiger partial charge >= 0.3 is 0 Å². The zero-order valence-electron chi connectivity index (χ0n) is 17.2. The van der Waals surface area contributed by atoms with Gasteiger partial charge in [-0.25, -0.2) is 5.43 Å². The van der Waals surface area contributed by atoms with E-state index in [0.29, 0.717) is 58.6 Å². The van der Waals surface area contributed by atoms with Crippen LogP contribution < -0.4 is 14.9 Å². The normalized spacial score (nSPS) is 14.5. The van der Waals surface area contributed by atoms with Crippen molar-refractivity contribution in [3.05, 3.63) is 57.6 Å². The first kappa shape index (κ1) is 22.9. The molecule has 1 aliphatic heterocycles. The van der Waals surface area contributed by atoms with Crippen LogP contribution in [0.3, 0.4) is 0 Å². The van der Waals surface area contributed by atoms with E-state index in [9.17, 15) is 9.59 Å². The van der Waals surface area contributed by atoms with Crippen LogP contribution in [0.4, 0.5) is 0 Å². The van der Waals surface area contributed by atoms with Crippen LogP contribution >= 0.6 is 23.2 Å². The highest BCUT2D eigenvalue weighted by Crippen LogP contribution is 2.25. The molecule has 2 aromatic rings. The Balaban J connectivity index is 1.54. The zero-order chi connectivity index (χ0) is 22.4. The molecule has 31 heavy (non-hydrogen) atoms. The molecule has 3 rings (SSSR count). The number of halogens is 2. The lowest BCUT2D eigenvalue weighted by molar-refractivity contribution is -0.126. The summed E-state index contributed by atoms with van der Waals surface area (Å²) in [7, 11) is 3.08. The van der Waals surface area contributed by atoms with E-state index in [-0.39, 0.29) is 17.7 Å². The highest BCUT2D eigenvalue weighted by molar-refractivity contribution is 6.36. The zero-order valence-corrected chi connectivity index (χ0v) is 18.7. The highest BCUT2D eigenvalue weighted by atomic mass is 35.5. The summed E-state index contributed by atoms with van der Waals surface area (Å²) in [5, 5.41) is 4.96. The van der Waals surface area contributed by atoms with E-state index in [1.165, 1.54) is 20.4 Å². The lowest BCUT2D eigenvalue weighted by atomic mass is 9.95. The minimum absolute atomic E-state index is 0.119. The Hall–Kier alpha value is -2.77. The van der Waals surface area contributed by atoms with Gasteiger partial charge in [-0.2, -0.15) is 5.10 Å². The van der Waals surface area contributed by atoms with Gasteiger partial charge in [0.15, 0.2) is 0 Å². The summed E-state index contributed by atoms with van der Waals surface area (Å²) in [6.07, 6.45) is 2.58. The molecule has 2 amide bonds. The molecule has 1 N–H and O–H groups in total. The quantitative estimate of drug-likeness (QED) is 0.518. The largest absolute Gasteiger partial charge is 0.497 e. The average Bonchev–Trinajstić information content (AvgIpc) is 2.79. The number of methoxy groups -OCH3 is 2. The summed E-state index contributed by atoms with van der Waals surface area (Å²) in [6, 6.07) is 10.1. The van der Waals surface area contributed by atoms with Crippen LogP contribution in [0.2, 0.25) is 10.0 Å². The number of amides is 2. The molecule has 0 radical (unpaired) electrons. The second-order valence-electron chi connectivity index (χ2n) is 7.07. The molecule has 0 atom stereocenters. The van der Waals surface area contributed by atoms with Gasteiger partial charge < -0.3 is 14.4 Å². The molecule has 2 aromatic carbocycles. The van der Waals surface area contributed by atoms with E-state index >= 15 is 0 Å².